The Hall–Kier alpha value is 0.0134. The molecule has 0 saturated carbocycles. The maximum atomic E-state index is 8.25. The molecule has 34 valence electrons. The Kier molecular flexibility index (Phi) is 489. The van der Waals surface area contributed by atoms with Crippen molar-refractivity contribution < 1.29 is 40.3 Å². The summed E-state index contributed by atoms with van der Waals surface area (Å²) in [7, 11) is 0. The van der Waals surface area contributed by atoms with Gasteiger partial charge in [0.1, 0.15) is 0 Å². The Balaban J connectivity index is -0.00000000667. The normalized spacial score (nSPS) is 2.00. The fraction of sp³-hybridized carbons (Fsp3) is 0. The summed E-state index contributed by atoms with van der Waals surface area (Å²) in [6.45, 7) is -0.500. The van der Waals surface area contributed by atoms with Crippen LogP contribution in [0.5, 0.6) is 0 Å². The van der Waals surface area contributed by atoms with E-state index in [9.17, 15) is 0 Å². The van der Waals surface area contributed by atoms with Crippen LogP contribution < -0.4 is 5.11 Å². The van der Waals surface area contributed by atoms with E-state index >= 15 is 0 Å². The molecule has 6 heavy (non-hydrogen) atoms. The number of carbonyl (C=O) groups excluding carboxylic acids is 1. The third-order valence-electron chi connectivity index (χ3n) is 0. The molecular weight excluding hydrogens is 141 g/mol. The minimum absolute atomic E-state index is 0. The molecule has 0 radical (unpaired) electrons. The molecule has 0 aliphatic heterocycles. The van der Waals surface area contributed by atoms with Crippen molar-refractivity contribution in [3.63, 3.8) is 0 Å². The molecule has 0 unspecified atom stereocenters. The molecule has 0 aromatic rings. The van der Waals surface area contributed by atoms with E-state index in [4.69, 9.17) is 9.90 Å². The predicted octanol–water partition coefficient (Wildman–Crippen LogP) is -3.29. The van der Waals surface area contributed by atoms with Gasteiger partial charge in [-0.2, -0.15) is 0 Å². The summed E-state index contributed by atoms with van der Waals surface area (Å²) in [6.07, 6.45) is 0. The first-order valence-corrected chi connectivity index (χ1v) is 0.471. The second-order valence-corrected chi connectivity index (χ2v) is 0.0962. The molecule has 0 aromatic carbocycles. The Morgan fingerprint density at radius 2 is 1.33 bits per heavy atom. The fourth-order valence-corrected chi connectivity index (χ4v) is 0. The molecule has 0 saturated heterocycles. The van der Waals surface area contributed by atoms with Crippen molar-refractivity contribution in [2.75, 3.05) is 0 Å². The van der Waals surface area contributed by atoms with Crippen LogP contribution in [-0.2, 0) is 24.3 Å². The Labute approximate surface area is 47.5 Å². The third kappa shape index (κ3) is 204000. The summed E-state index contributed by atoms with van der Waals surface area (Å²) in [5.41, 5.74) is 0. The third-order valence-corrected chi connectivity index (χ3v) is 0. The van der Waals surface area contributed by atoms with Gasteiger partial charge in [0.15, 0.2) is 0 Å². The van der Waals surface area contributed by atoms with Crippen molar-refractivity contribution in [2.24, 2.45) is 0 Å². The van der Waals surface area contributed by atoms with Crippen LogP contribution in [0.15, 0.2) is 0 Å². The Morgan fingerprint density at radius 1 is 1.33 bits per heavy atom. The van der Waals surface area contributed by atoms with Gasteiger partial charge < -0.3 is 20.9 Å². The Bertz CT molecular complexity index is 15.0. The molecule has 0 aliphatic rings. The molecule has 0 bridgehead atoms. The van der Waals surface area contributed by atoms with Gasteiger partial charge in [0.25, 0.3) is 0 Å². The summed E-state index contributed by atoms with van der Waals surface area (Å²) in [6, 6.07) is 0. The molecule has 0 amide bonds. The van der Waals surface area contributed by atoms with E-state index in [0.29, 0.717) is 0 Å². The largest absolute Gasteiger partial charge is 2.00 e. The van der Waals surface area contributed by atoms with E-state index in [2.05, 4.69) is 0 Å². The maximum absolute atomic E-state index is 8.25. The number of hydrogen-bond acceptors (Lipinski definition) is 2. The van der Waals surface area contributed by atoms with Gasteiger partial charge in [0.2, 0.25) is 0 Å². The zero-order chi connectivity index (χ0) is 2.71. The van der Waals surface area contributed by atoms with Gasteiger partial charge in [0, 0.05) is 6.47 Å². The topological polar surface area (TPSA) is 103 Å². The summed E-state index contributed by atoms with van der Waals surface area (Å²) < 4.78 is 0. The second-order valence-electron chi connectivity index (χ2n) is 0.0962. The first-order chi connectivity index (χ1) is 1.41. The molecule has 4 nitrogen and oxygen atoms in total. The average molecular weight is 146 g/mol. The van der Waals surface area contributed by atoms with Crippen LogP contribution in [0, 0.1) is 0 Å². The predicted molar refractivity (Wildman–Crippen MR) is 13.3 cm³/mol. The maximum Gasteiger partial charge on any atom is 2.00 e. The monoisotopic (exact) mass is 145 g/mol. The van der Waals surface area contributed by atoms with Gasteiger partial charge in [-0.05, 0) is 0 Å². The molecule has 0 heterocycles. The van der Waals surface area contributed by atoms with E-state index in [1.165, 1.54) is 0 Å². The van der Waals surface area contributed by atoms with Crippen LogP contribution in [0.3, 0.4) is 0 Å². The summed E-state index contributed by atoms with van der Waals surface area (Å²) in [5.74, 6) is 0. The standard InChI is InChI=1S/CH2O2.2H2O.Zn/c2-1-3;;;/h1H,(H,2,3);2*1H2;/q;;;+2/p-1. The van der Waals surface area contributed by atoms with Crippen molar-refractivity contribution in [1.82, 2.24) is 0 Å². The van der Waals surface area contributed by atoms with E-state index in [1.54, 1.807) is 0 Å². The van der Waals surface area contributed by atoms with Crippen LogP contribution in [0.2, 0.25) is 0 Å². The van der Waals surface area contributed by atoms with Crippen molar-refractivity contribution >= 4 is 6.47 Å². The van der Waals surface area contributed by atoms with E-state index in [1.807, 2.05) is 0 Å². The van der Waals surface area contributed by atoms with Gasteiger partial charge in [-0.25, -0.2) is 0 Å². The molecule has 0 aromatic heterocycles. The van der Waals surface area contributed by atoms with Crippen LogP contribution >= 0.6 is 0 Å². The minimum Gasteiger partial charge on any atom is -0.554 e. The minimum atomic E-state index is -0.500. The molecule has 0 rings (SSSR count). The SMILES string of the molecule is O.O.O=C[O-].[Zn+2]. The number of rotatable bonds is 0. The molecule has 4 N–H and O–H groups in total. The van der Waals surface area contributed by atoms with Crippen LogP contribution in [0.1, 0.15) is 0 Å². The Morgan fingerprint density at radius 3 is 1.33 bits per heavy atom. The molecule has 0 fully saturated rings. The van der Waals surface area contributed by atoms with E-state index in [-0.39, 0.29) is 30.4 Å². The van der Waals surface area contributed by atoms with Gasteiger partial charge >= 0.3 is 19.5 Å². The van der Waals surface area contributed by atoms with Crippen molar-refractivity contribution in [1.29, 1.82) is 0 Å². The van der Waals surface area contributed by atoms with Crippen molar-refractivity contribution in [3.05, 3.63) is 0 Å². The first kappa shape index (κ1) is 37.3. The molecule has 0 spiro atoms. The van der Waals surface area contributed by atoms with Crippen molar-refractivity contribution in [2.45, 2.75) is 0 Å². The number of hydrogen-bond donors (Lipinski definition) is 0. The summed E-state index contributed by atoms with van der Waals surface area (Å²) >= 11 is 0. The first-order valence-electron chi connectivity index (χ1n) is 0.471. The van der Waals surface area contributed by atoms with Gasteiger partial charge in [-0.3, -0.25) is 0 Å². The van der Waals surface area contributed by atoms with Gasteiger partial charge in [-0.1, -0.05) is 0 Å². The van der Waals surface area contributed by atoms with Gasteiger partial charge in [-0.15, -0.1) is 0 Å². The molecule has 5 heteroatoms. The van der Waals surface area contributed by atoms with Crippen LogP contribution in [-0.4, -0.2) is 17.4 Å². The van der Waals surface area contributed by atoms with Crippen LogP contribution in [0.25, 0.3) is 0 Å². The van der Waals surface area contributed by atoms with E-state index in [0.717, 1.165) is 0 Å². The van der Waals surface area contributed by atoms with Crippen LogP contribution in [0.4, 0.5) is 0 Å². The zero-order valence-electron chi connectivity index (χ0n) is 3.10. The number of carbonyl (C=O) groups is 1. The quantitative estimate of drug-likeness (QED) is 0.264. The smallest absolute Gasteiger partial charge is 0.554 e. The molecular formula is CH5O4Zn+. The average Bonchev–Trinajstić information content (AvgIpc) is 0.918. The number of carboxylic acid groups (broad SMARTS) is 1. The summed E-state index contributed by atoms with van der Waals surface area (Å²) in [5, 5.41) is 8.25. The summed E-state index contributed by atoms with van der Waals surface area (Å²) in [4.78, 5) is 8.25. The molecule has 0 aliphatic carbocycles. The fourth-order valence-electron chi connectivity index (χ4n) is 0. The van der Waals surface area contributed by atoms with Crippen molar-refractivity contribution in [3.8, 4) is 0 Å². The van der Waals surface area contributed by atoms with Gasteiger partial charge in [0.05, 0.1) is 0 Å². The molecule has 0 atom stereocenters. The van der Waals surface area contributed by atoms with E-state index < -0.39 is 6.47 Å². The second kappa shape index (κ2) is 78.6. The zero-order valence-corrected chi connectivity index (χ0v) is 6.07.